The number of aromatic nitrogens is 6. The molecule has 0 aliphatic carbocycles. The van der Waals surface area contributed by atoms with Crippen molar-refractivity contribution < 1.29 is 18.3 Å². The molecule has 0 radical (unpaired) electrons. The highest BCUT2D eigenvalue weighted by atomic mass is 32.2. The number of hydrogen-bond acceptors (Lipinski definition) is 10. The lowest BCUT2D eigenvalue weighted by molar-refractivity contribution is 0.363. The zero-order chi connectivity index (χ0) is 22.2. The number of nitrogens with one attached hydrogen (secondary N) is 1. The molecule has 0 atom stereocenters. The smallest absolute Gasteiger partial charge is 0.319 e. The van der Waals surface area contributed by atoms with Crippen LogP contribution in [-0.4, -0.2) is 43.8 Å². The molecule has 0 bridgehead atoms. The van der Waals surface area contributed by atoms with Crippen LogP contribution in [0.2, 0.25) is 0 Å². The molecule has 13 heteroatoms. The van der Waals surface area contributed by atoms with Crippen molar-refractivity contribution in [2.45, 2.75) is 10.9 Å². The monoisotopic (exact) mass is 448 g/mol. The van der Waals surface area contributed by atoms with E-state index in [4.69, 9.17) is 10.6 Å². The molecule has 0 aliphatic heterocycles. The lowest BCUT2D eigenvalue weighted by atomic mass is 10.2. The minimum absolute atomic E-state index is 0.0688. The van der Waals surface area contributed by atoms with Crippen LogP contribution in [0.5, 0.6) is 12.0 Å². The lowest BCUT2D eigenvalue weighted by Gasteiger charge is -2.01. The Labute approximate surface area is 179 Å². The Morgan fingerprint density at radius 1 is 1.03 bits per heavy atom. The molecule has 0 spiro atoms. The normalized spacial score (nSPS) is 10.4. The number of nitrogen functional groups attached to an aromatic ring is 1. The topological polar surface area (TPSA) is 125 Å². The Hall–Kier alpha value is -3.58. The second kappa shape index (κ2) is 10.4. The van der Waals surface area contributed by atoms with Gasteiger partial charge in [-0.1, -0.05) is 42.1 Å². The summed E-state index contributed by atoms with van der Waals surface area (Å²) in [6, 6.07) is 10.2. The minimum Gasteiger partial charge on any atom is -0.467 e. The van der Waals surface area contributed by atoms with Gasteiger partial charge in [0.05, 0.1) is 26.6 Å². The number of nitrogens with two attached hydrogens (primary N) is 1. The van der Waals surface area contributed by atoms with Crippen LogP contribution >= 0.6 is 11.8 Å². The van der Waals surface area contributed by atoms with E-state index in [-0.39, 0.29) is 23.5 Å². The second-order valence-electron chi connectivity index (χ2n) is 5.69. The molecule has 0 unspecified atom stereocenters. The van der Waals surface area contributed by atoms with Crippen molar-refractivity contribution in [3.8, 4) is 12.0 Å². The minimum atomic E-state index is -0.617. The van der Waals surface area contributed by atoms with Gasteiger partial charge in [-0.05, 0) is 5.56 Å². The van der Waals surface area contributed by atoms with Gasteiger partial charge >= 0.3 is 12.0 Å². The highest BCUT2D eigenvalue weighted by molar-refractivity contribution is 7.98. The van der Waals surface area contributed by atoms with E-state index >= 15 is 0 Å². The number of rotatable bonds is 6. The van der Waals surface area contributed by atoms with Gasteiger partial charge in [0.15, 0.2) is 23.1 Å². The van der Waals surface area contributed by atoms with Crippen molar-refractivity contribution in [2.24, 2.45) is 5.84 Å². The van der Waals surface area contributed by atoms with Crippen molar-refractivity contribution >= 4 is 23.2 Å². The third-order valence-electron chi connectivity index (χ3n) is 3.71. The summed E-state index contributed by atoms with van der Waals surface area (Å²) < 4.78 is 37.1. The van der Waals surface area contributed by atoms with Gasteiger partial charge in [0.2, 0.25) is 5.16 Å². The molecule has 0 saturated carbocycles. The number of thioether (sulfide) groups is 1. The van der Waals surface area contributed by atoms with Crippen LogP contribution in [0, 0.1) is 11.6 Å². The number of benzene rings is 1. The van der Waals surface area contributed by atoms with Gasteiger partial charge in [0, 0.05) is 5.75 Å². The molecule has 3 heterocycles. The molecule has 0 saturated heterocycles. The van der Waals surface area contributed by atoms with E-state index in [1.807, 2.05) is 30.3 Å². The Balaban J connectivity index is 0.000000210. The average molecular weight is 448 g/mol. The molecular weight excluding hydrogens is 430 g/mol. The van der Waals surface area contributed by atoms with Gasteiger partial charge in [0.1, 0.15) is 0 Å². The molecule has 0 aliphatic rings. The van der Waals surface area contributed by atoms with E-state index in [0.29, 0.717) is 5.16 Å². The maximum Gasteiger partial charge on any atom is 0.319 e. The van der Waals surface area contributed by atoms with Gasteiger partial charge in [-0.3, -0.25) is 0 Å². The first kappa shape index (κ1) is 22.1. The van der Waals surface area contributed by atoms with Crippen molar-refractivity contribution in [3.05, 3.63) is 59.9 Å². The summed E-state index contributed by atoms with van der Waals surface area (Å²) in [5.74, 6) is 4.43. The quantitative estimate of drug-likeness (QED) is 0.258. The number of halogens is 2. The predicted octanol–water partition coefficient (Wildman–Crippen LogP) is 2.47. The number of hydrazine groups is 1. The third-order valence-corrected chi connectivity index (χ3v) is 4.61. The molecule has 4 aromatic rings. The molecule has 3 N–H and O–H groups in total. The number of methoxy groups -OCH3 is 2. The zero-order valence-electron chi connectivity index (χ0n) is 16.5. The number of fused-ring (bicyclic) bond motifs is 1. The van der Waals surface area contributed by atoms with Crippen LogP contribution in [0.3, 0.4) is 0 Å². The van der Waals surface area contributed by atoms with Gasteiger partial charge in [-0.15, -0.1) is 5.10 Å². The number of hydrogen-bond donors (Lipinski definition) is 2. The predicted molar refractivity (Wildman–Crippen MR) is 110 cm³/mol. The Morgan fingerprint density at radius 3 is 2.45 bits per heavy atom. The van der Waals surface area contributed by atoms with E-state index in [0.717, 1.165) is 23.7 Å². The molecule has 1 aromatic carbocycles. The Morgan fingerprint density at radius 2 is 1.77 bits per heavy atom. The highest BCUT2D eigenvalue weighted by Gasteiger charge is 2.13. The van der Waals surface area contributed by atoms with Crippen LogP contribution in [0.4, 0.5) is 14.6 Å². The second-order valence-corrected chi connectivity index (χ2v) is 6.64. The maximum absolute atomic E-state index is 13.6. The fourth-order valence-corrected chi connectivity index (χ4v) is 3.06. The highest BCUT2D eigenvalue weighted by Crippen LogP contribution is 2.22. The zero-order valence-corrected chi connectivity index (χ0v) is 17.3. The first-order valence-corrected chi connectivity index (χ1v) is 9.69. The molecular formula is C18H18F2N8O2S. The van der Waals surface area contributed by atoms with E-state index in [9.17, 15) is 8.78 Å². The van der Waals surface area contributed by atoms with Crippen LogP contribution in [0.15, 0.2) is 47.9 Å². The van der Waals surface area contributed by atoms with Crippen molar-refractivity contribution in [1.29, 1.82) is 0 Å². The summed E-state index contributed by atoms with van der Waals surface area (Å²) in [6.07, 6.45) is 2.05. The fourth-order valence-electron chi connectivity index (χ4n) is 2.28. The van der Waals surface area contributed by atoms with Gasteiger partial charge in [-0.25, -0.2) is 24.6 Å². The van der Waals surface area contributed by atoms with Crippen molar-refractivity contribution in [1.82, 2.24) is 29.5 Å². The van der Waals surface area contributed by atoms with Gasteiger partial charge in [-0.2, -0.15) is 14.5 Å². The van der Waals surface area contributed by atoms with Crippen LogP contribution in [-0.2, 0) is 5.75 Å². The largest absolute Gasteiger partial charge is 0.467 e. The van der Waals surface area contributed by atoms with Gasteiger partial charge in [0.25, 0.3) is 0 Å². The maximum atomic E-state index is 13.6. The van der Waals surface area contributed by atoms with Crippen molar-refractivity contribution in [3.63, 3.8) is 0 Å². The van der Waals surface area contributed by atoms with Crippen LogP contribution < -0.4 is 20.7 Å². The van der Waals surface area contributed by atoms with Gasteiger partial charge < -0.3 is 14.9 Å². The summed E-state index contributed by atoms with van der Waals surface area (Å²) in [5.41, 5.74) is 3.34. The SMILES string of the molecule is COc1ncc(F)c(NN)n1.COc1ncc(F)c2nc(SCc3ccccc3)nn12. The summed E-state index contributed by atoms with van der Waals surface area (Å²) in [6.45, 7) is 0. The summed E-state index contributed by atoms with van der Waals surface area (Å²) >= 11 is 1.43. The molecule has 3 aromatic heterocycles. The fraction of sp³-hybridized carbons (Fsp3) is 0.167. The molecule has 31 heavy (non-hydrogen) atoms. The van der Waals surface area contributed by atoms with Crippen molar-refractivity contribution in [2.75, 3.05) is 19.6 Å². The average Bonchev–Trinajstić information content (AvgIpc) is 3.25. The number of ether oxygens (including phenoxy) is 2. The Kier molecular flexibility index (Phi) is 7.45. The molecule has 162 valence electrons. The molecule has 0 fully saturated rings. The standard InChI is InChI=1S/C13H11FN4OS.C5H7FN4O/c1-19-13-15-7-10(14)11-16-12(17-18(11)13)20-8-9-5-3-2-4-6-9;1-11-5-8-2-3(6)4(9-5)10-7/h2-7H,8H2,1H3;2H,7H2,1H3,(H,8,9,10). The van der Waals surface area contributed by atoms with Crippen LogP contribution in [0.1, 0.15) is 5.56 Å². The summed E-state index contributed by atoms with van der Waals surface area (Å²) in [7, 11) is 2.84. The number of anilines is 1. The van der Waals surface area contributed by atoms with Crippen LogP contribution in [0.25, 0.3) is 5.65 Å². The lowest BCUT2D eigenvalue weighted by Crippen LogP contribution is -2.11. The Bertz CT molecular complexity index is 1150. The molecule has 4 rings (SSSR count). The summed E-state index contributed by atoms with van der Waals surface area (Å²) in [4.78, 5) is 15.0. The van der Waals surface area contributed by atoms with E-state index in [2.05, 4.69) is 35.2 Å². The number of nitrogens with zero attached hydrogens (tertiary/aromatic N) is 6. The first-order valence-electron chi connectivity index (χ1n) is 8.70. The van der Waals surface area contributed by atoms with E-state index < -0.39 is 11.6 Å². The summed E-state index contributed by atoms with van der Waals surface area (Å²) in [5, 5.41) is 4.69. The van der Waals surface area contributed by atoms with E-state index in [1.54, 1.807) is 0 Å². The van der Waals surface area contributed by atoms with E-state index in [1.165, 1.54) is 30.5 Å². The molecule has 10 nitrogen and oxygen atoms in total. The molecule has 0 amide bonds. The first-order chi connectivity index (χ1) is 15.0. The third kappa shape index (κ3) is 5.52.